The average molecular weight is 186 g/mol. The molecule has 1 nitrogen and oxygen atoms in total. The van der Waals surface area contributed by atoms with Gasteiger partial charge >= 0.3 is 0 Å². The van der Waals surface area contributed by atoms with Gasteiger partial charge in [-0.25, -0.2) is 0 Å². The summed E-state index contributed by atoms with van der Waals surface area (Å²) in [5.74, 6) is 1.39. The molecule has 0 amide bonds. The number of ketones is 1. The molecule has 0 aromatic rings. The molecular formula is C10H18OS. The molecule has 0 radical (unpaired) electrons. The predicted octanol–water partition coefficient (Wildman–Crippen LogP) is 3.40. The van der Waals surface area contributed by atoms with E-state index in [4.69, 9.17) is 0 Å². The van der Waals surface area contributed by atoms with Crippen molar-refractivity contribution < 1.29 is 4.79 Å². The third-order valence-corrected chi connectivity index (χ3v) is 2.52. The largest absolute Gasteiger partial charge is 0.300 e. The molecule has 0 aliphatic carbocycles. The van der Waals surface area contributed by atoms with Crippen molar-refractivity contribution in [3.8, 4) is 0 Å². The van der Waals surface area contributed by atoms with E-state index in [-0.39, 0.29) is 5.78 Å². The topological polar surface area (TPSA) is 17.1 Å². The number of Topliss-reactive ketones (excluding diaryl/α,β-unsaturated/α-hetero) is 1. The van der Waals surface area contributed by atoms with Crippen LogP contribution < -0.4 is 0 Å². The van der Waals surface area contributed by atoms with Gasteiger partial charge in [-0.15, -0.1) is 11.8 Å². The van der Waals surface area contributed by atoms with Gasteiger partial charge in [0.15, 0.2) is 0 Å². The Morgan fingerprint density at radius 3 is 2.42 bits per heavy atom. The summed E-state index contributed by atoms with van der Waals surface area (Å²) in [6.45, 7) is 5.92. The Balaban J connectivity index is 3.79. The SMILES string of the molecule is CC/C=C(/CCC(C)=O)SCC. The van der Waals surface area contributed by atoms with Gasteiger partial charge in [-0.05, 0) is 30.4 Å². The Hall–Kier alpha value is -0.240. The van der Waals surface area contributed by atoms with Crippen LogP contribution in [0.25, 0.3) is 0 Å². The minimum Gasteiger partial charge on any atom is -0.300 e. The summed E-state index contributed by atoms with van der Waals surface area (Å²) in [4.78, 5) is 12.1. The number of carbonyl (C=O) groups excluding carboxylic acids is 1. The molecular weight excluding hydrogens is 168 g/mol. The summed E-state index contributed by atoms with van der Waals surface area (Å²) >= 11 is 1.85. The molecule has 12 heavy (non-hydrogen) atoms. The van der Waals surface area contributed by atoms with E-state index in [1.54, 1.807) is 6.92 Å². The Bertz CT molecular complexity index is 161. The maximum absolute atomic E-state index is 10.7. The molecule has 0 aromatic heterocycles. The highest BCUT2D eigenvalue weighted by Crippen LogP contribution is 2.21. The van der Waals surface area contributed by atoms with E-state index in [0.717, 1.165) is 18.6 Å². The molecule has 70 valence electrons. The molecule has 0 fully saturated rings. The van der Waals surface area contributed by atoms with Crippen LogP contribution in [-0.4, -0.2) is 11.5 Å². The van der Waals surface area contributed by atoms with Crippen LogP contribution >= 0.6 is 11.8 Å². The fourth-order valence-electron chi connectivity index (χ4n) is 0.945. The lowest BCUT2D eigenvalue weighted by molar-refractivity contribution is -0.116. The predicted molar refractivity (Wildman–Crippen MR) is 56.4 cm³/mol. The highest BCUT2D eigenvalue weighted by molar-refractivity contribution is 8.03. The quantitative estimate of drug-likeness (QED) is 0.632. The van der Waals surface area contributed by atoms with E-state index in [0.29, 0.717) is 6.42 Å². The third-order valence-electron chi connectivity index (χ3n) is 1.48. The summed E-state index contributed by atoms with van der Waals surface area (Å²) in [5, 5.41) is 0. The van der Waals surface area contributed by atoms with Gasteiger partial charge in [-0.3, -0.25) is 0 Å². The monoisotopic (exact) mass is 186 g/mol. The smallest absolute Gasteiger partial charge is 0.130 e. The lowest BCUT2D eigenvalue weighted by atomic mass is 10.2. The van der Waals surface area contributed by atoms with E-state index in [2.05, 4.69) is 19.9 Å². The van der Waals surface area contributed by atoms with E-state index in [1.165, 1.54) is 4.91 Å². The normalized spacial score (nSPS) is 11.8. The molecule has 0 aliphatic rings. The van der Waals surface area contributed by atoms with Crippen molar-refractivity contribution in [1.82, 2.24) is 0 Å². The Morgan fingerprint density at radius 1 is 1.33 bits per heavy atom. The number of hydrogen-bond acceptors (Lipinski definition) is 2. The van der Waals surface area contributed by atoms with Crippen molar-refractivity contribution in [2.75, 3.05) is 5.75 Å². The van der Waals surface area contributed by atoms with Crippen LogP contribution in [0.2, 0.25) is 0 Å². The minimum absolute atomic E-state index is 0.286. The van der Waals surface area contributed by atoms with Crippen molar-refractivity contribution in [3.05, 3.63) is 11.0 Å². The van der Waals surface area contributed by atoms with Crippen molar-refractivity contribution >= 4 is 17.5 Å². The molecule has 0 aliphatic heterocycles. The lowest BCUT2D eigenvalue weighted by Gasteiger charge is -2.02. The Kier molecular flexibility index (Phi) is 7.26. The first kappa shape index (κ1) is 11.8. The first-order chi connectivity index (χ1) is 5.70. The van der Waals surface area contributed by atoms with Crippen LogP contribution in [0.3, 0.4) is 0 Å². The van der Waals surface area contributed by atoms with Crippen molar-refractivity contribution in [1.29, 1.82) is 0 Å². The second-order valence-electron chi connectivity index (χ2n) is 2.71. The molecule has 0 N–H and O–H groups in total. The van der Waals surface area contributed by atoms with Crippen LogP contribution in [-0.2, 0) is 4.79 Å². The second kappa shape index (κ2) is 7.41. The second-order valence-corrected chi connectivity index (χ2v) is 4.10. The van der Waals surface area contributed by atoms with Gasteiger partial charge in [0.1, 0.15) is 5.78 Å². The maximum atomic E-state index is 10.7. The van der Waals surface area contributed by atoms with Crippen LogP contribution in [0, 0.1) is 0 Å². The van der Waals surface area contributed by atoms with E-state index >= 15 is 0 Å². The molecule has 0 unspecified atom stereocenters. The summed E-state index contributed by atoms with van der Waals surface area (Å²) in [7, 11) is 0. The highest BCUT2D eigenvalue weighted by Gasteiger charge is 1.98. The number of thioether (sulfide) groups is 1. The Morgan fingerprint density at radius 2 is 2.00 bits per heavy atom. The minimum atomic E-state index is 0.286. The standard InChI is InChI=1S/C10H18OS/c1-4-6-10(12-5-2)8-7-9(3)11/h6H,4-5,7-8H2,1-3H3/b10-6-. The molecule has 0 heterocycles. The van der Waals surface area contributed by atoms with Crippen LogP contribution in [0.1, 0.15) is 40.0 Å². The van der Waals surface area contributed by atoms with Gasteiger partial charge in [0.25, 0.3) is 0 Å². The molecule has 0 saturated carbocycles. The van der Waals surface area contributed by atoms with Crippen molar-refractivity contribution in [2.24, 2.45) is 0 Å². The number of rotatable bonds is 6. The molecule has 0 rings (SSSR count). The van der Waals surface area contributed by atoms with Gasteiger partial charge in [0.05, 0.1) is 0 Å². The van der Waals surface area contributed by atoms with Gasteiger partial charge in [-0.1, -0.05) is 19.9 Å². The van der Waals surface area contributed by atoms with Crippen LogP contribution in [0.5, 0.6) is 0 Å². The van der Waals surface area contributed by atoms with E-state index in [9.17, 15) is 4.79 Å². The van der Waals surface area contributed by atoms with Crippen LogP contribution in [0.4, 0.5) is 0 Å². The van der Waals surface area contributed by atoms with Crippen LogP contribution in [0.15, 0.2) is 11.0 Å². The summed E-state index contributed by atoms with van der Waals surface area (Å²) in [6, 6.07) is 0. The summed E-state index contributed by atoms with van der Waals surface area (Å²) < 4.78 is 0. The van der Waals surface area contributed by atoms with Gasteiger partial charge in [0.2, 0.25) is 0 Å². The molecule has 2 heteroatoms. The van der Waals surface area contributed by atoms with Crippen molar-refractivity contribution in [2.45, 2.75) is 40.0 Å². The number of allylic oxidation sites excluding steroid dienone is 2. The maximum Gasteiger partial charge on any atom is 0.130 e. The molecule has 0 aromatic carbocycles. The zero-order valence-electron chi connectivity index (χ0n) is 8.22. The van der Waals surface area contributed by atoms with Crippen molar-refractivity contribution in [3.63, 3.8) is 0 Å². The molecule has 0 saturated heterocycles. The summed E-state index contributed by atoms with van der Waals surface area (Å²) in [6.07, 6.45) is 4.91. The first-order valence-corrected chi connectivity index (χ1v) is 5.50. The van der Waals surface area contributed by atoms with E-state index in [1.807, 2.05) is 11.8 Å². The zero-order chi connectivity index (χ0) is 9.40. The highest BCUT2D eigenvalue weighted by atomic mass is 32.2. The zero-order valence-corrected chi connectivity index (χ0v) is 9.04. The van der Waals surface area contributed by atoms with Gasteiger partial charge < -0.3 is 4.79 Å². The average Bonchev–Trinajstić information content (AvgIpc) is 2.01. The number of hydrogen-bond donors (Lipinski definition) is 0. The van der Waals surface area contributed by atoms with Gasteiger partial charge in [0, 0.05) is 6.42 Å². The Labute approximate surface area is 79.6 Å². The molecule has 0 atom stereocenters. The molecule has 0 spiro atoms. The third kappa shape index (κ3) is 6.47. The fraction of sp³-hybridized carbons (Fsp3) is 0.700. The summed E-state index contributed by atoms with van der Waals surface area (Å²) in [5.41, 5.74) is 0. The first-order valence-electron chi connectivity index (χ1n) is 4.52. The number of carbonyl (C=O) groups is 1. The molecule has 0 bridgehead atoms. The lowest BCUT2D eigenvalue weighted by Crippen LogP contribution is -1.90. The fourth-order valence-corrected chi connectivity index (χ4v) is 1.85. The van der Waals surface area contributed by atoms with E-state index < -0.39 is 0 Å². The van der Waals surface area contributed by atoms with Gasteiger partial charge in [-0.2, -0.15) is 0 Å².